The molecule has 0 aliphatic carbocycles. The zero-order chi connectivity index (χ0) is 9.14. The Morgan fingerprint density at radius 3 is 3.00 bits per heavy atom. The molecule has 1 heterocycles. The highest BCUT2D eigenvalue weighted by Crippen LogP contribution is 2.10. The van der Waals surface area contributed by atoms with E-state index in [1.807, 2.05) is 6.92 Å². The van der Waals surface area contributed by atoms with Crippen LogP contribution in [0.25, 0.3) is 0 Å². The van der Waals surface area contributed by atoms with Gasteiger partial charge in [0.2, 0.25) is 0 Å². The first-order chi connectivity index (χ1) is 5.63. The number of cyclic esters (lactones) is 1. The number of nitrogens with two attached hydrogens (primary N) is 1. The Bertz CT molecular complexity index is 172. The van der Waals surface area contributed by atoms with Gasteiger partial charge in [-0.05, 0) is 6.92 Å². The fourth-order valence-electron chi connectivity index (χ4n) is 1.17. The molecule has 1 rings (SSSR count). The summed E-state index contributed by atoms with van der Waals surface area (Å²) in [6, 6.07) is -0.0602. The number of aliphatic hydroxyl groups is 1. The van der Waals surface area contributed by atoms with E-state index in [1.165, 1.54) is 4.90 Å². The molecular weight excluding hydrogens is 160 g/mol. The molecule has 3 N–H and O–H groups in total. The van der Waals surface area contributed by atoms with Crippen molar-refractivity contribution >= 4 is 6.09 Å². The standard InChI is InChI=1S/C7H14N2O3/c1-5(8)2-9-3-6(4-10)12-7(9)11/h5-6,10H,2-4,8H2,1H3. The Morgan fingerprint density at radius 1 is 1.92 bits per heavy atom. The molecule has 1 fully saturated rings. The van der Waals surface area contributed by atoms with Gasteiger partial charge in [0, 0.05) is 12.6 Å². The summed E-state index contributed by atoms with van der Waals surface area (Å²) in [6.45, 7) is 2.62. The van der Waals surface area contributed by atoms with Crippen LogP contribution in [-0.2, 0) is 4.74 Å². The maximum Gasteiger partial charge on any atom is 0.410 e. The molecule has 0 aromatic carbocycles. The molecule has 1 aliphatic heterocycles. The molecule has 0 spiro atoms. The van der Waals surface area contributed by atoms with Gasteiger partial charge in [-0.25, -0.2) is 4.79 Å². The lowest BCUT2D eigenvalue weighted by Gasteiger charge is -2.14. The molecule has 2 unspecified atom stereocenters. The third-order valence-electron chi connectivity index (χ3n) is 1.66. The van der Waals surface area contributed by atoms with E-state index in [4.69, 9.17) is 15.6 Å². The Morgan fingerprint density at radius 2 is 2.58 bits per heavy atom. The van der Waals surface area contributed by atoms with E-state index in [2.05, 4.69) is 0 Å². The fourth-order valence-corrected chi connectivity index (χ4v) is 1.17. The molecule has 5 heteroatoms. The van der Waals surface area contributed by atoms with Crippen molar-refractivity contribution in [3.63, 3.8) is 0 Å². The maximum absolute atomic E-state index is 11.0. The fraction of sp³-hybridized carbons (Fsp3) is 0.857. The molecule has 1 saturated heterocycles. The van der Waals surface area contributed by atoms with Crippen molar-refractivity contribution < 1.29 is 14.6 Å². The molecule has 1 aliphatic rings. The van der Waals surface area contributed by atoms with Crippen molar-refractivity contribution in [3.05, 3.63) is 0 Å². The molecule has 0 aromatic heterocycles. The first kappa shape index (κ1) is 9.28. The second-order valence-corrected chi connectivity index (χ2v) is 3.07. The minimum Gasteiger partial charge on any atom is -0.442 e. The van der Waals surface area contributed by atoms with E-state index >= 15 is 0 Å². The Balaban J connectivity index is 2.41. The van der Waals surface area contributed by atoms with Gasteiger partial charge in [-0.1, -0.05) is 0 Å². The highest BCUT2D eigenvalue weighted by Gasteiger charge is 2.30. The average molecular weight is 174 g/mol. The van der Waals surface area contributed by atoms with Crippen LogP contribution < -0.4 is 5.73 Å². The van der Waals surface area contributed by atoms with Gasteiger partial charge in [0.25, 0.3) is 0 Å². The number of nitrogens with zero attached hydrogens (tertiary/aromatic N) is 1. The van der Waals surface area contributed by atoms with Gasteiger partial charge in [0.15, 0.2) is 0 Å². The Labute approximate surface area is 71.1 Å². The number of amides is 1. The van der Waals surface area contributed by atoms with Gasteiger partial charge in [0.1, 0.15) is 6.10 Å². The molecule has 12 heavy (non-hydrogen) atoms. The molecule has 70 valence electrons. The predicted molar refractivity (Wildman–Crippen MR) is 42.6 cm³/mol. The molecule has 0 saturated carbocycles. The van der Waals surface area contributed by atoms with Gasteiger partial charge in [-0.15, -0.1) is 0 Å². The molecular formula is C7H14N2O3. The average Bonchev–Trinajstić information content (AvgIpc) is 2.31. The number of carbonyl (C=O) groups is 1. The lowest BCUT2D eigenvalue weighted by molar-refractivity contribution is 0.0947. The molecule has 2 atom stereocenters. The van der Waals surface area contributed by atoms with Crippen LogP contribution in [0.4, 0.5) is 4.79 Å². The second-order valence-electron chi connectivity index (χ2n) is 3.07. The van der Waals surface area contributed by atoms with Crippen LogP contribution in [0.3, 0.4) is 0 Å². The lowest BCUT2D eigenvalue weighted by atomic mass is 10.3. The largest absolute Gasteiger partial charge is 0.442 e. The summed E-state index contributed by atoms with van der Waals surface area (Å²) >= 11 is 0. The van der Waals surface area contributed by atoms with Crippen molar-refractivity contribution in [2.75, 3.05) is 19.7 Å². The van der Waals surface area contributed by atoms with Crippen LogP contribution in [0.1, 0.15) is 6.92 Å². The van der Waals surface area contributed by atoms with E-state index in [1.54, 1.807) is 0 Å². The topological polar surface area (TPSA) is 75.8 Å². The zero-order valence-electron chi connectivity index (χ0n) is 7.06. The van der Waals surface area contributed by atoms with E-state index in [-0.39, 0.29) is 24.8 Å². The van der Waals surface area contributed by atoms with Gasteiger partial charge >= 0.3 is 6.09 Å². The lowest BCUT2D eigenvalue weighted by Crippen LogP contribution is -2.36. The second kappa shape index (κ2) is 3.73. The zero-order valence-corrected chi connectivity index (χ0v) is 7.06. The number of rotatable bonds is 3. The predicted octanol–water partition coefficient (Wildman–Crippen LogP) is -0.853. The van der Waals surface area contributed by atoms with Gasteiger partial charge < -0.3 is 20.5 Å². The van der Waals surface area contributed by atoms with Crippen molar-refractivity contribution in [1.29, 1.82) is 0 Å². The number of hydrogen-bond donors (Lipinski definition) is 2. The summed E-state index contributed by atoms with van der Waals surface area (Å²) in [5, 5.41) is 8.70. The Kier molecular flexibility index (Phi) is 2.88. The van der Waals surface area contributed by atoms with E-state index in [0.717, 1.165) is 0 Å². The highest BCUT2D eigenvalue weighted by atomic mass is 16.6. The smallest absolute Gasteiger partial charge is 0.410 e. The van der Waals surface area contributed by atoms with Crippen molar-refractivity contribution in [2.24, 2.45) is 5.73 Å². The highest BCUT2D eigenvalue weighted by molar-refractivity contribution is 5.69. The third-order valence-corrected chi connectivity index (χ3v) is 1.66. The van der Waals surface area contributed by atoms with Crippen LogP contribution in [0.15, 0.2) is 0 Å². The molecule has 0 aromatic rings. The van der Waals surface area contributed by atoms with E-state index < -0.39 is 0 Å². The molecule has 5 nitrogen and oxygen atoms in total. The molecule has 1 amide bonds. The van der Waals surface area contributed by atoms with Crippen LogP contribution in [0, 0.1) is 0 Å². The SMILES string of the molecule is CC(N)CN1CC(CO)OC1=O. The molecule has 0 bridgehead atoms. The van der Waals surface area contributed by atoms with Gasteiger partial charge in [-0.2, -0.15) is 0 Å². The summed E-state index contributed by atoms with van der Waals surface area (Å²) in [5.74, 6) is 0. The molecule has 0 radical (unpaired) electrons. The first-order valence-corrected chi connectivity index (χ1v) is 3.95. The van der Waals surface area contributed by atoms with Crippen molar-refractivity contribution in [3.8, 4) is 0 Å². The third kappa shape index (κ3) is 2.09. The van der Waals surface area contributed by atoms with E-state index in [9.17, 15) is 4.79 Å². The van der Waals surface area contributed by atoms with Gasteiger partial charge in [0.05, 0.1) is 13.2 Å². The minimum absolute atomic E-state index is 0.0602. The van der Waals surface area contributed by atoms with Crippen LogP contribution in [0.2, 0.25) is 0 Å². The number of hydrogen-bond acceptors (Lipinski definition) is 4. The van der Waals surface area contributed by atoms with Crippen molar-refractivity contribution in [2.45, 2.75) is 19.1 Å². The summed E-state index contributed by atoms with van der Waals surface area (Å²) in [5.41, 5.74) is 5.51. The summed E-state index contributed by atoms with van der Waals surface area (Å²) < 4.78 is 4.81. The number of aliphatic hydroxyl groups excluding tert-OH is 1. The van der Waals surface area contributed by atoms with Crippen molar-refractivity contribution in [1.82, 2.24) is 4.90 Å². The minimum atomic E-state index is -0.383. The monoisotopic (exact) mass is 174 g/mol. The Hall–Kier alpha value is -0.810. The maximum atomic E-state index is 11.0. The van der Waals surface area contributed by atoms with E-state index in [0.29, 0.717) is 13.1 Å². The summed E-state index contributed by atoms with van der Waals surface area (Å²) in [7, 11) is 0. The van der Waals surface area contributed by atoms with Crippen LogP contribution >= 0.6 is 0 Å². The summed E-state index contributed by atoms with van der Waals surface area (Å²) in [4.78, 5) is 12.5. The summed E-state index contributed by atoms with van der Waals surface area (Å²) in [6.07, 6.45) is -0.761. The van der Waals surface area contributed by atoms with Crippen LogP contribution in [-0.4, -0.2) is 47.9 Å². The first-order valence-electron chi connectivity index (χ1n) is 3.95. The van der Waals surface area contributed by atoms with Crippen LogP contribution in [0.5, 0.6) is 0 Å². The number of ether oxygens (including phenoxy) is 1. The normalized spacial score (nSPS) is 25.8. The quantitative estimate of drug-likeness (QED) is 0.584. The van der Waals surface area contributed by atoms with Gasteiger partial charge in [-0.3, -0.25) is 0 Å². The number of carbonyl (C=O) groups excluding carboxylic acids is 1.